The van der Waals surface area contributed by atoms with Gasteiger partial charge in [-0.15, -0.1) is 0 Å². The molecular weight excluding hydrogens is 328 g/mol. The summed E-state index contributed by atoms with van der Waals surface area (Å²) in [6.07, 6.45) is 3.99. The van der Waals surface area contributed by atoms with Crippen LogP contribution in [0.4, 0.5) is 5.69 Å². The van der Waals surface area contributed by atoms with Gasteiger partial charge in [0, 0.05) is 45.8 Å². The Kier molecular flexibility index (Phi) is 4.93. The van der Waals surface area contributed by atoms with Crippen LogP contribution in [0.3, 0.4) is 0 Å². The van der Waals surface area contributed by atoms with Gasteiger partial charge in [-0.1, -0.05) is 18.2 Å². The van der Waals surface area contributed by atoms with Crippen LogP contribution in [0.1, 0.15) is 12.0 Å². The summed E-state index contributed by atoms with van der Waals surface area (Å²) in [6.45, 7) is 5.84. The van der Waals surface area contributed by atoms with Crippen molar-refractivity contribution in [2.45, 2.75) is 12.8 Å². The molecule has 0 amide bonds. The smallest absolute Gasteiger partial charge is 0.268 e. The number of ether oxygens (including phenoxy) is 1. The number of fused-ring (bicyclic) bond motifs is 1. The molecular formula is C20H26N4O2. The number of rotatable bonds is 3. The predicted molar refractivity (Wildman–Crippen MR) is 102 cm³/mol. The summed E-state index contributed by atoms with van der Waals surface area (Å²) < 4.78 is 7.27. The van der Waals surface area contributed by atoms with Crippen LogP contribution in [-0.2, 0) is 13.5 Å². The van der Waals surface area contributed by atoms with Gasteiger partial charge < -0.3 is 9.64 Å². The van der Waals surface area contributed by atoms with Gasteiger partial charge in [0.25, 0.3) is 5.56 Å². The average molecular weight is 354 g/mol. The number of aromatic nitrogens is 2. The fourth-order valence-electron chi connectivity index (χ4n) is 3.90. The van der Waals surface area contributed by atoms with E-state index in [1.807, 2.05) is 6.07 Å². The zero-order chi connectivity index (χ0) is 17.9. The highest BCUT2D eigenvalue weighted by Crippen LogP contribution is 2.27. The molecule has 3 heterocycles. The number of anilines is 1. The number of piperazine rings is 1. The Morgan fingerprint density at radius 2 is 2.00 bits per heavy atom. The van der Waals surface area contributed by atoms with E-state index in [0.29, 0.717) is 5.92 Å². The minimum absolute atomic E-state index is 0.0537. The van der Waals surface area contributed by atoms with Gasteiger partial charge in [-0.25, -0.2) is 4.68 Å². The van der Waals surface area contributed by atoms with Crippen LogP contribution in [0.25, 0.3) is 0 Å². The first-order valence-electron chi connectivity index (χ1n) is 9.40. The summed E-state index contributed by atoms with van der Waals surface area (Å²) in [6, 6.07) is 10.1. The number of hydrogen-bond donors (Lipinski definition) is 0. The third kappa shape index (κ3) is 3.75. The molecule has 138 valence electrons. The number of nitrogens with zero attached hydrogens (tertiary/aromatic N) is 4. The minimum Gasteiger partial charge on any atom is -0.493 e. The number of hydrogen-bond acceptors (Lipinski definition) is 5. The van der Waals surface area contributed by atoms with Gasteiger partial charge in [-0.3, -0.25) is 9.69 Å². The molecule has 0 bridgehead atoms. The van der Waals surface area contributed by atoms with E-state index in [4.69, 9.17) is 4.74 Å². The summed E-state index contributed by atoms with van der Waals surface area (Å²) in [5.41, 5.74) is 2.21. The molecule has 2 aliphatic rings. The lowest BCUT2D eigenvalue weighted by Gasteiger charge is -2.37. The maximum absolute atomic E-state index is 11.8. The van der Waals surface area contributed by atoms with E-state index in [1.54, 1.807) is 19.3 Å². The quantitative estimate of drug-likeness (QED) is 0.837. The molecule has 1 aromatic carbocycles. The van der Waals surface area contributed by atoms with Gasteiger partial charge >= 0.3 is 0 Å². The second-order valence-corrected chi connectivity index (χ2v) is 7.28. The van der Waals surface area contributed by atoms with Gasteiger partial charge in [0.15, 0.2) is 0 Å². The molecule has 1 unspecified atom stereocenters. The fraction of sp³-hybridized carbons (Fsp3) is 0.500. The maximum atomic E-state index is 11.8. The Hall–Kier alpha value is -2.34. The van der Waals surface area contributed by atoms with Crippen molar-refractivity contribution in [2.24, 2.45) is 13.0 Å². The Balaban J connectivity index is 1.34. The summed E-state index contributed by atoms with van der Waals surface area (Å²) >= 11 is 0. The highest BCUT2D eigenvalue weighted by molar-refractivity contribution is 5.43. The second kappa shape index (κ2) is 7.50. The lowest BCUT2D eigenvalue weighted by molar-refractivity contribution is 0.201. The van der Waals surface area contributed by atoms with E-state index in [9.17, 15) is 4.79 Å². The van der Waals surface area contributed by atoms with Crippen molar-refractivity contribution in [3.8, 4) is 5.75 Å². The zero-order valence-electron chi connectivity index (χ0n) is 15.3. The van der Waals surface area contributed by atoms with Crippen LogP contribution < -0.4 is 15.2 Å². The van der Waals surface area contributed by atoms with Crippen LogP contribution >= 0.6 is 0 Å². The van der Waals surface area contributed by atoms with Gasteiger partial charge in [0.2, 0.25) is 0 Å². The van der Waals surface area contributed by atoms with Crippen molar-refractivity contribution < 1.29 is 4.74 Å². The largest absolute Gasteiger partial charge is 0.493 e. The number of aryl methyl sites for hydroxylation is 1. The molecule has 4 rings (SSSR count). The monoisotopic (exact) mass is 354 g/mol. The number of benzene rings is 1. The van der Waals surface area contributed by atoms with Crippen molar-refractivity contribution in [3.63, 3.8) is 0 Å². The predicted octanol–water partition coefficient (Wildman–Crippen LogP) is 1.54. The van der Waals surface area contributed by atoms with Crippen molar-refractivity contribution in [3.05, 3.63) is 52.4 Å². The Bertz CT molecular complexity index is 811. The minimum atomic E-state index is -0.0537. The van der Waals surface area contributed by atoms with Crippen LogP contribution in [0.2, 0.25) is 0 Å². The van der Waals surface area contributed by atoms with E-state index in [0.717, 1.165) is 63.6 Å². The van der Waals surface area contributed by atoms with E-state index >= 15 is 0 Å². The topological polar surface area (TPSA) is 50.6 Å². The molecule has 6 nitrogen and oxygen atoms in total. The maximum Gasteiger partial charge on any atom is 0.268 e. The Morgan fingerprint density at radius 1 is 1.19 bits per heavy atom. The molecule has 2 aliphatic heterocycles. The molecule has 0 saturated carbocycles. The fourth-order valence-corrected chi connectivity index (χ4v) is 3.90. The third-order valence-corrected chi connectivity index (χ3v) is 5.47. The van der Waals surface area contributed by atoms with Crippen LogP contribution in [0, 0.1) is 5.92 Å². The van der Waals surface area contributed by atoms with Crippen molar-refractivity contribution in [1.82, 2.24) is 14.7 Å². The molecule has 1 fully saturated rings. The normalized spacial score (nSPS) is 21.0. The Morgan fingerprint density at radius 3 is 2.81 bits per heavy atom. The van der Waals surface area contributed by atoms with Gasteiger partial charge in [-0.2, -0.15) is 5.10 Å². The molecule has 0 radical (unpaired) electrons. The molecule has 26 heavy (non-hydrogen) atoms. The SMILES string of the molecule is Cn1ncc(N2CCN(CC3CCOc4ccccc4C3)CC2)cc1=O. The lowest BCUT2D eigenvalue weighted by atomic mass is 9.96. The zero-order valence-corrected chi connectivity index (χ0v) is 15.3. The molecule has 1 saturated heterocycles. The summed E-state index contributed by atoms with van der Waals surface area (Å²) in [5.74, 6) is 1.69. The highest BCUT2D eigenvalue weighted by atomic mass is 16.5. The second-order valence-electron chi connectivity index (χ2n) is 7.28. The molecule has 6 heteroatoms. The van der Waals surface area contributed by atoms with Gasteiger partial charge in [0.1, 0.15) is 5.75 Å². The molecule has 1 atom stereocenters. The first kappa shape index (κ1) is 17.1. The van der Waals surface area contributed by atoms with E-state index in [1.165, 1.54) is 10.2 Å². The van der Waals surface area contributed by atoms with Crippen LogP contribution in [0.5, 0.6) is 5.75 Å². The van der Waals surface area contributed by atoms with Crippen molar-refractivity contribution in [1.29, 1.82) is 0 Å². The van der Waals surface area contributed by atoms with Crippen LogP contribution in [-0.4, -0.2) is 54.0 Å². The van der Waals surface area contributed by atoms with Gasteiger partial charge in [-0.05, 0) is 30.4 Å². The van der Waals surface area contributed by atoms with E-state index in [2.05, 4.69) is 33.1 Å². The summed E-state index contributed by atoms with van der Waals surface area (Å²) in [5, 5.41) is 4.13. The van der Waals surface area contributed by atoms with Crippen molar-refractivity contribution in [2.75, 3.05) is 44.2 Å². The van der Waals surface area contributed by atoms with Crippen molar-refractivity contribution >= 4 is 5.69 Å². The van der Waals surface area contributed by atoms with E-state index in [-0.39, 0.29) is 5.56 Å². The number of para-hydroxylation sites is 1. The molecule has 2 aromatic rings. The van der Waals surface area contributed by atoms with E-state index < -0.39 is 0 Å². The summed E-state index contributed by atoms with van der Waals surface area (Å²) in [7, 11) is 1.68. The highest BCUT2D eigenvalue weighted by Gasteiger charge is 2.23. The molecule has 1 aromatic heterocycles. The molecule has 0 aliphatic carbocycles. The van der Waals surface area contributed by atoms with Gasteiger partial charge in [0.05, 0.1) is 18.5 Å². The Labute approximate surface area is 154 Å². The molecule has 0 N–H and O–H groups in total. The lowest BCUT2D eigenvalue weighted by Crippen LogP contribution is -2.48. The first-order valence-corrected chi connectivity index (χ1v) is 9.40. The first-order chi connectivity index (χ1) is 12.7. The summed E-state index contributed by atoms with van der Waals surface area (Å²) in [4.78, 5) is 16.6. The molecule has 0 spiro atoms. The third-order valence-electron chi connectivity index (χ3n) is 5.47. The average Bonchev–Trinajstić information content (AvgIpc) is 2.86. The standard InChI is InChI=1S/C20H26N4O2/c1-22-20(25)13-18(14-21-22)24-9-7-23(8-10-24)15-16-6-11-26-19-5-3-2-4-17(19)12-16/h2-5,13-14,16H,6-12,15H2,1H3. The van der Waals surface area contributed by atoms with Crippen LogP contribution in [0.15, 0.2) is 41.3 Å².